The standard InChI is InChI=1S/C12H16NO4PS/c1-8(13-2)5-9-3-4-11-10(6-9)7-12(19-11)17-18(14,15)16/h3-4,6-8,13H,5H2,1-2H3,(H2,14,15,16)/t8-/m1/s1. The van der Waals surface area contributed by atoms with Gasteiger partial charge in [0.05, 0.1) is 0 Å². The molecule has 0 fully saturated rings. The van der Waals surface area contributed by atoms with Gasteiger partial charge in [0, 0.05) is 16.8 Å². The van der Waals surface area contributed by atoms with Crippen molar-refractivity contribution in [2.45, 2.75) is 19.4 Å². The zero-order valence-electron chi connectivity index (χ0n) is 10.7. The predicted octanol–water partition coefficient (Wildman–Crippen LogP) is 2.52. The number of likely N-dealkylation sites (N-methyl/N-ethyl adjacent to an activating group) is 1. The molecule has 0 radical (unpaired) electrons. The maximum absolute atomic E-state index is 10.8. The zero-order valence-corrected chi connectivity index (χ0v) is 12.4. The van der Waals surface area contributed by atoms with E-state index in [-0.39, 0.29) is 5.06 Å². The van der Waals surface area contributed by atoms with Crippen molar-refractivity contribution in [2.24, 2.45) is 0 Å². The van der Waals surface area contributed by atoms with Gasteiger partial charge in [-0.3, -0.25) is 9.79 Å². The molecule has 1 heterocycles. The second kappa shape index (κ2) is 5.61. The third kappa shape index (κ3) is 4.03. The average Bonchev–Trinajstić information content (AvgIpc) is 2.67. The van der Waals surface area contributed by atoms with Gasteiger partial charge < -0.3 is 9.84 Å². The van der Waals surface area contributed by atoms with E-state index in [2.05, 4.69) is 16.8 Å². The van der Waals surface area contributed by atoms with E-state index in [9.17, 15) is 4.57 Å². The van der Waals surface area contributed by atoms with Gasteiger partial charge in [-0.25, -0.2) is 4.57 Å². The molecule has 1 aromatic carbocycles. The van der Waals surface area contributed by atoms with Crippen LogP contribution in [0.2, 0.25) is 0 Å². The van der Waals surface area contributed by atoms with Gasteiger partial charge in [-0.05, 0) is 37.4 Å². The van der Waals surface area contributed by atoms with Gasteiger partial charge in [0.2, 0.25) is 0 Å². The van der Waals surface area contributed by atoms with Crippen molar-refractivity contribution < 1.29 is 18.9 Å². The van der Waals surface area contributed by atoms with Crippen molar-refractivity contribution in [3.63, 3.8) is 0 Å². The van der Waals surface area contributed by atoms with Crippen molar-refractivity contribution in [3.8, 4) is 5.06 Å². The van der Waals surface area contributed by atoms with Gasteiger partial charge in [0.1, 0.15) is 0 Å². The number of phosphoric acid groups is 1. The molecule has 0 unspecified atom stereocenters. The van der Waals surface area contributed by atoms with Crippen LogP contribution in [0.5, 0.6) is 5.06 Å². The predicted molar refractivity (Wildman–Crippen MR) is 76.7 cm³/mol. The molecule has 1 aromatic heterocycles. The summed E-state index contributed by atoms with van der Waals surface area (Å²) in [4.78, 5) is 17.6. The van der Waals surface area contributed by atoms with E-state index in [0.717, 1.165) is 16.5 Å². The van der Waals surface area contributed by atoms with E-state index in [4.69, 9.17) is 9.79 Å². The van der Waals surface area contributed by atoms with Crippen LogP contribution in [0, 0.1) is 0 Å². The average molecular weight is 301 g/mol. The molecule has 0 saturated heterocycles. The lowest BCUT2D eigenvalue weighted by molar-refractivity contribution is 0.286. The summed E-state index contributed by atoms with van der Waals surface area (Å²) < 4.78 is 16.3. The minimum Gasteiger partial charge on any atom is -0.394 e. The van der Waals surface area contributed by atoms with Crippen LogP contribution in [0.3, 0.4) is 0 Å². The van der Waals surface area contributed by atoms with Crippen LogP contribution in [-0.2, 0) is 11.0 Å². The highest BCUT2D eigenvalue weighted by Crippen LogP contribution is 2.43. The molecule has 0 spiro atoms. The normalized spacial score (nSPS) is 13.7. The molecule has 2 rings (SSSR count). The Morgan fingerprint density at radius 1 is 1.42 bits per heavy atom. The Hall–Kier alpha value is -0.910. The van der Waals surface area contributed by atoms with Crippen molar-refractivity contribution in [1.82, 2.24) is 5.32 Å². The highest BCUT2D eigenvalue weighted by Gasteiger charge is 2.17. The highest BCUT2D eigenvalue weighted by atomic mass is 32.1. The monoisotopic (exact) mass is 301 g/mol. The first-order valence-electron chi connectivity index (χ1n) is 5.82. The van der Waals surface area contributed by atoms with Crippen LogP contribution < -0.4 is 9.84 Å². The van der Waals surface area contributed by atoms with E-state index in [1.165, 1.54) is 16.9 Å². The van der Waals surface area contributed by atoms with Crippen LogP contribution in [0.15, 0.2) is 24.3 Å². The quantitative estimate of drug-likeness (QED) is 0.740. The number of rotatable bonds is 5. The Labute approximate surface area is 115 Å². The lowest BCUT2D eigenvalue weighted by Crippen LogP contribution is -2.23. The number of fused-ring (bicyclic) bond motifs is 1. The van der Waals surface area contributed by atoms with Crippen molar-refractivity contribution >= 4 is 29.2 Å². The molecule has 19 heavy (non-hydrogen) atoms. The molecule has 0 amide bonds. The van der Waals surface area contributed by atoms with E-state index in [1.807, 2.05) is 25.2 Å². The highest BCUT2D eigenvalue weighted by molar-refractivity contribution is 7.47. The second-order valence-corrected chi connectivity index (χ2v) is 6.62. The lowest BCUT2D eigenvalue weighted by Gasteiger charge is -2.09. The third-order valence-electron chi connectivity index (χ3n) is 2.80. The molecule has 7 heteroatoms. The van der Waals surface area contributed by atoms with Gasteiger partial charge in [0.15, 0.2) is 5.06 Å². The number of thiophene rings is 1. The van der Waals surface area contributed by atoms with Crippen LogP contribution in [-0.4, -0.2) is 22.9 Å². The summed E-state index contributed by atoms with van der Waals surface area (Å²) in [5, 5.41) is 4.35. The van der Waals surface area contributed by atoms with Gasteiger partial charge in [-0.1, -0.05) is 23.5 Å². The summed E-state index contributed by atoms with van der Waals surface area (Å²) in [6.45, 7) is 2.10. The third-order valence-corrected chi connectivity index (χ3v) is 4.35. The van der Waals surface area contributed by atoms with Gasteiger partial charge in [0.25, 0.3) is 0 Å². The maximum atomic E-state index is 10.8. The van der Waals surface area contributed by atoms with Crippen molar-refractivity contribution in [1.29, 1.82) is 0 Å². The number of hydrogen-bond donors (Lipinski definition) is 3. The first-order chi connectivity index (χ1) is 8.87. The molecule has 104 valence electrons. The molecule has 0 bridgehead atoms. The minimum atomic E-state index is -4.48. The van der Waals surface area contributed by atoms with Gasteiger partial charge in [-0.2, -0.15) is 0 Å². The van der Waals surface area contributed by atoms with Crippen LogP contribution >= 0.6 is 19.2 Å². The summed E-state index contributed by atoms with van der Waals surface area (Å²) in [5.74, 6) is 0. The van der Waals surface area contributed by atoms with Gasteiger partial charge >= 0.3 is 7.82 Å². The molecule has 3 N–H and O–H groups in total. The zero-order chi connectivity index (χ0) is 14.0. The van der Waals surface area contributed by atoms with Gasteiger partial charge in [-0.15, -0.1) is 0 Å². The van der Waals surface area contributed by atoms with Crippen molar-refractivity contribution in [2.75, 3.05) is 7.05 Å². The van der Waals surface area contributed by atoms with Crippen LogP contribution in [0.4, 0.5) is 0 Å². The van der Waals surface area contributed by atoms with E-state index in [0.29, 0.717) is 6.04 Å². The molecule has 0 aliphatic carbocycles. The molecule has 2 aromatic rings. The fraction of sp³-hybridized carbons (Fsp3) is 0.333. The molecule has 0 aliphatic rings. The summed E-state index contributed by atoms with van der Waals surface area (Å²) in [5.41, 5.74) is 1.18. The number of nitrogens with one attached hydrogen (secondary N) is 1. The summed E-state index contributed by atoms with van der Waals surface area (Å²) >= 11 is 1.23. The first-order valence-corrected chi connectivity index (χ1v) is 8.17. The van der Waals surface area contributed by atoms with Crippen LogP contribution in [0.25, 0.3) is 10.1 Å². The largest absolute Gasteiger partial charge is 0.525 e. The summed E-state index contributed by atoms with van der Waals surface area (Å²) in [6, 6.07) is 8.03. The second-order valence-electron chi connectivity index (χ2n) is 4.41. The van der Waals surface area contributed by atoms with E-state index >= 15 is 0 Å². The Bertz CT molecular complexity index is 621. The fourth-order valence-corrected chi connectivity index (χ4v) is 3.32. The molecule has 5 nitrogen and oxygen atoms in total. The Morgan fingerprint density at radius 2 is 2.16 bits per heavy atom. The summed E-state index contributed by atoms with van der Waals surface area (Å²) in [7, 11) is -2.57. The molecule has 0 aliphatic heterocycles. The van der Waals surface area contributed by atoms with E-state index < -0.39 is 7.82 Å². The molecule has 1 atom stereocenters. The Balaban J connectivity index is 2.26. The maximum Gasteiger partial charge on any atom is 0.525 e. The number of benzene rings is 1. The molecule has 0 saturated carbocycles. The fourth-order valence-electron chi connectivity index (χ4n) is 1.81. The molecular weight excluding hydrogens is 285 g/mol. The minimum absolute atomic E-state index is 0.238. The Kier molecular flexibility index (Phi) is 4.28. The first kappa shape index (κ1) is 14.5. The Morgan fingerprint density at radius 3 is 2.79 bits per heavy atom. The summed E-state index contributed by atoms with van der Waals surface area (Å²) in [6.07, 6.45) is 0.900. The SMILES string of the molecule is CN[C@H](C)Cc1ccc2sc(OP(=O)(O)O)cc2c1. The number of hydrogen-bond acceptors (Lipinski definition) is 4. The lowest BCUT2D eigenvalue weighted by atomic mass is 10.1. The molecular formula is C12H16NO4PS. The number of phosphoric ester groups is 1. The van der Waals surface area contributed by atoms with Crippen molar-refractivity contribution in [3.05, 3.63) is 29.8 Å². The topological polar surface area (TPSA) is 78.8 Å². The smallest absolute Gasteiger partial charge is 0.394 e. The van der Waals surface area contributed by atoms with Crippen LogP contribution in [0.1, 0.15) is 12.5 Å². The van der Waals surface area contributed by atoms with E-state index in [1.54, 1.807) is 6.07 Å².